The van der Waals surface area contributed by atoms with Crippen molar-refractivity contribution in [3.63, 3.8) is 0 Å². The van der Waals surface area contributed by atoms with Crippen LogP contribution in [0.25, 0.3) is 21.7 Å². The van der Waals surface area contributed by atoms with Gasteiger partial charge in [-0.25, -0.2) is 4.79 Å². The molecule has 3 aromatic rings. The van der Waals surface area contributed by atoms with Crippen LogP contribution in [0.4, 0.5) is 4.79 Å². The topological polar surface area (TPSA) is 93.5 Å². The van der Waals surface area contributed by atoms with Crippen LogP contribution in [-0.2, 0) is 7.05 Å². The lowest BCUT2D eigenvalue weighted by Crippen LogP contribution is -2.33. The van der Waals surface area contributed by atoms with Crippen molar-refractivity contribution >= 4 is 43.7 Å². The zero-order valence-electron chi connectivity index (χ0n) is 16.8. The molecule has 2 unspecified atom stereocenters. The van der Waals surface area contributed by atoms with Crippen LogP contribution in [0.5, 0.6) is 5.75 Å². The summed E-state index contributed by atoms with van der Waals surface area (Å²) in [7, 11) is 1.74. The normalized spacial score (nSPS) is 13.4. The molecule has 29 heavy (non-hydrogen) atoms. The molecule has 0 saturated carbocycles. The van der Waals surface area contributed by atoms with Gasteiger partial charge in [0.25, 0.3) is 5.56 Å². The molecular formula is C21H24BrN3O4. The molecular weight excluding hydrogens is 438 g/mol. The molecule has 0 radical (unpaired) electrons. The molecule has 8 heteroatoms. The molecule has 0 aliphatic rings. The lowest BCUT2D eigenvalue weighted by Gasteiger charge is -2.19. The van der Waals surface area contributed by atoms with Gasteiger partial charge in [0.1, 0.15) is 5.75 Å². The number of amides is 1. The number of nitrogens with one attached hydrogen (secondary N) is 1. The number of rotatable bonds is 6. The Morgan fingerprint density at radius 2 is 2.00 bits per heavy atom. The molecule has 2 aromatic heterocycles. The highest BCUT2D eigenvalue weighted by Crippen LogP contribution is 2.33. The fraction of sp³-hybridized carbons (Fsp3) is 0.381. The highest BCUT2D eigenvalue weighted by Gasteiger charge is 2.15. The molecule has 2 atom stereocenters. The van der Waals surface area contributed by atoms with Crippen molar-refractivity contribution in [1.82, 2.24) is 14.9 Å². The van der Waals surface area contributed by atoms with Crippen LogP contribution in [0.2, 0.25) is 0 Å². The number of carboxylic acid groups (broad SMARTS) is 1. The first-order valence-corrected chi connectivity index (χ1v) is 10.2. The molecule has 2 N–H and O–H groups in total. The van der Waals surface area contributed by atoms with Gasteiger partial charge in [0.05, 0.1) is 22.0 Å². The second-order valence-corrected chi connectivity index (χ2v) is 8.39. The Labute approximate surface area is 176 Å². The standard InChI is InChI=1S/C21H24BrN3O4/c1-11(5-13(3)24-21(27)28)10-29-19-8-18-15(7-17(19)22)14-6-12(2)23-9-16(14)20(26)25(18)4/h6-9,11,13,24H,5,10H2,1-4H3,(H,27,28). The van der Waals surface area contributed by atoms with Gasteiger partial charge in [0.15, 0.2) is 0 Å². The molecule has 0 aliphatic heterocycles. The molecule has 154 valence electrons. The van der Waals surface area contributed by atoms with E-state index in [9.17, 15) is 9.59 Å². The van der Waals surface area contributed by atoms with Crippen LogP contribution in [0, 0.1) is 12.8 Å². The van der Waals surface area contributed by atoms with Crippen LogP contribution in [0.3, 0.4) is 0 Å². The molecule has 2 heterocycles. The van der Waals surface area contributed by atoms with Gasteiger partial charge in [-0.2, -0.15) is 0 Å². The highest BCUT2D eigenvalue weighted by molar-refractivity contribution is 9.10. The number of hydrogen-bond donors (Lipinski definition) is 2. The van der Waals surface area contributed by atoms with E-state index in [0.717, 1.165) is 26.5 Å². The van der Waals surface area contributed by atoms with Crippen molar-refractivity contribution in [2.24, 2.45) is 13.0 Å². The van der Waals surface area contributed by atoms with Crippen LogP contribution in [0.15, 0.2) is 33.7 Å². The summed E-state index contributed by atoms with van der Waals surface area (Å²) in [5.74, 6) is 0.789. The number of nitrogens with zero attached hydrogens (tertiary/aromatic N) is 2. The summed E-state index contributed by atoms with van der Waals surface area (Å²) in [5.41, 5.74) is 1.52. The quantitative estimate of drug-likeness (QED) is 0.535. The Balaban J connectivity index is 1.91. The molecule has 7 nitrogen and oxygen atoms in total. The number of ether oxygens (including phenoxy) is 1. The molecule has 0 bridgehead atoms. The fourth-order valence-electron chi connectivity index (χ4n) is 3.56. The summed E-state index contributed by atoms with van der Waals surface area (Å²) >= 11 is 3.58. The minimum absolute atomic E-state index is 0.102. The van der Waals surface area contributed by atoms with E-state index >= 15 is 0 Å². The van der Waals surface area contributed by atoms with Crippen molar-refractivity contribution in [3.05, 3.63) is 44.9 Å². The molecule has 3 rings (SSSR count). The summed E-state index contributed by atoms with van der Waals surface area (Å²) in [5, 5.41) is 13.6. The first-order valence-electron chi connectivity index (χ1n) is 9.38. The number of aryl methyl sites for hydroxylation is 2. The number of carbonyl (C=O) groups is 1. The number of halogens is 1. The summed E-state index contributed by atoms with van der Waals surface area (Å²) in [6.07, 6.45) is 1.26. The monoisotopic (exact) mass is 461 g/mol. The number of hydrogen-bond acceptors (Lipinski definition) is 4. The maximum absolute atomic E-state index is 12.7. The van der Waals surface area contributed by atoms with E-state index < -0.39 is 6.09 Å². The Morgan fingerprint density at radius 1 is 1.28 bits per heavy atom. The molecule has 0 saturated heterocycles. The summed E-state index contributed by atoms with van der Waals surface area (Å²) in [4.78, 5) is 27.7. The SMILES string of the molecule is Cc1cc2c(cn1)c(=O)n(C)c1cc(OCC(C)CC(C)NC(=O)O)c(Br)cc21. The predicted octanol–water partition coefficient (Wildman–Crippen LogP) is 4.22. The lowest BCUT2D eigenvalue weighted by atomic mass is 10.0. The third-order valence-electron chi connectivity index (χ3n) is 4.93. The number of fused-ring (bicyclic) bond motifs is 3. The van der Waals surface area contributed by atoms with Gasteiger partial charge < -0.3 is 19.7 Å². The van der Waals surface area contributed by atoms with E-state index in [4.69, 9.17) is 9.84 Å². The molecule has 0 fully saturated rings. The van der Waals surface area contributed by atoms with E-state index in [1.807, 2.05) is 39.0 Å². The zero-order chi connectivity index (χ0) is 21.3. The Hall–Kier alpha value is -2.61. The maximum Gasteiger partial charge on any atom is 0.404 e. The van der Waals surface area contributed by atoms with E-state index in [-0.39, 0.29) is 17.5 Å². The molecule has 1 amide bonds. The first-order chi connectivity index (χ1) is 13.7. The minimum atomic E-state index is -1.03. The second-order valence-electron chi connectivity index (χ2n) is 7.54. The minimum Gasteiger partial charge on any atom is -0.492 e. The average molecular weight is 462 g/mol. The largest absolute Gasteiger partial charge is 0.492 e. The van der Waals surface area contributed by atoms with Crippen molar-refractivity contribution in [2.75, 3.05) is 6.61 Å². The number of aromatic nitrogens is 2. The van der Waals surface area contributed by atoms with Crippen LogP contribution in [-0.4, -0.2) is 33.4 Å². The van der Waals surface area contributed by atoms with E-state index in [1.54, 1.807) is 17.8 Å². The van der Waals surface area contributed by atoms with Crippen LogP contribution < -0.4 is 15.6 Å². The molecule has 0 spiro atoms. The van der Waals surface area contributed by atoms with Gasteiger partial charge in [-0.05, 0) is 59.6 Å². The van der Waals surface area contributed by atoms with Gasteiger partial charge in [-0.15, -0.1) is 0 Å². The van der Waals surface area contributed by atoms with E-state index in [2.05, 4.69) is 26.2 Å². The van der Waals surface area contributed by atoms with Crippen LogP contribution in [0.1, 0.15) is 26.0 Å². The Bertz CT molecular complexity index is 1140. The third-order valence-corrected chi connectivity index (χ3v) is 5.55. The second kappa shape index (κ2) is 8.41. The maximum atomic E-state index is 12.7. The van der Waals surface area contributed by atoms with Gasteiger partial charge in [0, 0.05) is 36.4 Å². The summed E-state index contributed by atoms with van der Waals surface area (Å²) < 4.78 is 8.40. The third kappa shape index (κ3) is 4.53. The van der Waals surface area contributed by atoms with Gasteiger partial charge in [-0.1, -0.05) is 6.92 Å². The molecule has 0 aliphatic carbocycles. The van der Waals surface area contributed by atoms with Crippen molar-refractivity contribution in [3.8, 4) is 5.75 Å². The van der Waals surface area contributed by atoms with Gasteiger partial charge in [-0.3, -0.25) is 9.78 Å². The lowest BCUT2D eigenvalue weighted by molar-refractivity contribution is 0.185. The van der Waals surface area contributed by atoms with Crippen molar-refractivity contribution in [2.45, 2.75) is 33.2 Å². The highest BCUT2D eigenvalue weighted by atomic mass is 79.9. The first kappa shape index (κ1) is 21.1. The fourth-order valence-corrected chi connectivity index (χ4v) is 4.02. The van der Waals surface area contributed by atoms with Crippen LogP contribution >= 0.6 is 15.9 Å². The smallest absolute Gasteiger partial charge is 0.404 e. The predicted molar refractivity (Wildman–Crippen MR) is 117 cm³/mol. The average Bonchev–Trinajstić information content (AvgIpc) is 2.64. The van der Waals surface area contributed by atoms with Crippen molar-refractivity contribution < 1.29 is 14.6 Å². The van der Waals surface area contributed by atoms with E-state index in [0.29, 0.717) is 24.2 Å². The number of benzene rings is 1. The number of pyridine rings is 2. The Morgan fingerprint density at radius 3 is 2.69 bits per heavy atom. The van der Waals surface area contributed by atoms with Gasteiger partial charge in [0.2, 0.25) is 0 Å². The summed E-state index contributed by atoms with van der Waals surface area (Å²) in [6.45, 7) is 6.17. The van der Waals surface area contributed by atoms with E-state index in [1.165, 1.54) is 0 Å². The zero-order valence-corrected chi connectivity index (χ0v) is 18.4. The Kier molecular flexibility index (Phi) is 6.12. The molecule has 1 aromatic carbocycles. The summed E-state index contributed by atoms with van der Waals surface area (Å²) in [6, 6.07) is 5.59. The van der Waals surface area contributed by atoms with Gasteiger partial charge >= 0.3 is 6.09 Å². The van der Waals surface area contributed by atoms with Crippen molar-refractivity contribution in [1.29, 1.82) is 0 Å².